The van der Waals surface area contributed by atoms with Crippen molar-refractivity contribution < 1.29 is 19.2 Å². The Bertz CT molecular complexity index is 655. The Balaban J connectivity index is 0. The summed E-state index contributed by atoms with van der Waals surface area (Å²) in [6.45, 7) is 12.8. The van der Waals surface area contributed by atoms with Crippen molar-refractivity contribution in [3.63, 3.8) is 0 Å². The van der Waals surface area contributed by atoms with Gasteiger partial charge < -0.3 is 32.7 Å². The zero-order valence-corrected chi connectivity index (χ0v) is 21.3. The minimum atomic E-state index is -0.766. The third kappa shape index (κ3) is 11.8. The van der Waals surface area contributed by atoms with E-state index in [-0.39, 0.29) is 43.5 Å². The van der Waals surface area contributed by atoms with Crippen molar-refractivity contribution in [3.05, 3.63) is 0 Å². The summed E-state index contributed by atoms with van der Waals surface area (Å²) in [5, 5.41) is 11.3. The van der Waals surface area contributed by atoms with Crippen molar-refractivity contribution in [2.75, 3.05) is 32.7 Å². The highest BCUT2D eigenvalue weighted by atomic mass is 16.2. The fourth-order valence-electron chi connectivity index (χ4n) is 3.34. The van der Waals surface area contributed by atoms with E-state index in [1.807, 2.05) is 41.5 Å². The summed E-state index contributed by atoms with van der Waals surface area (Å²) >= 11 is 0. The molecule has 3 atom stereocenters. The number of rotatable bonds is 16. The van der Waals surface area contributed by atoms with Crippen LogP contribution in [0.2, 0.25) is 0 Å². The van der Waals surface area contributed by atoms with Gasteiger partial charge in [-0.05, 0) is 25.7 Å². The largest absolute Gasteiger partial charge is 0.356 e. The van der Waals surface area contributed by atoms with E-state index in [0.29, 0.717) is 45.4 Å². The maximum atomic E-state index is 12.9. The highest BCUT2D eigenvalue weighted by Crippen LogP contribution is 2.37. The van der Waals surface area contributed by atoms with Crippen LogP contribution in [-0.4, -0.2) is 62.4 Å². The van der Waals surface area contributed by atoms with E-state index in [4.69, 9.17) is 11.5 Å². The van der Waals surface area contributed by atoms with Crippen molar-refractivity contribution in [2.24, 2.45) is 28.2 Å². The van der Waals surface area contributed by atoms with Gasteiger partial charge in [-0.3, -0.25) is 19.2 Å². The van der Waals surface area contributed by atoms with Gasteiger partial charge in [-0.1, -0.05) is 49.0 Å². The number of amides is 4. The molecule has 0 aromatic rings. The first kappa shape index (κ1) is 34.0. The molecule has 0 heterocycles. The molecule has 10 nitrogen and oxygen atoms in total. The summed E-state index contributed by atoms with van der Waals surface area (Å²) in [5.41, 5.74) is 9.40. The molecule has 8 N–H and O–H groups in total. The molecule has 0 bridgehead atoms. The third-order valence-corrected chi connectivity index (χ3v) is 6.07. The second-order valence-electron chi connectivity index (χ2n) is 9.57. The Hall–Kier alpha value is -2.20. The molecule has 0 saturated carbocycles. The smallest absolute Gasteiger partial charge is 0.238 e. The maximum Gasteiger partial charge on any atom is 0.238 e. The van der Waals surface area contributed by atoms with Crippen LogP contribution in [0.1, 0.15) is 74.7 Å². The van der Waals surface area contributed by atoms with E-state index in [0.717, 1.165) is 6.42 Å². The Morgan fingerprint density at radius 2 is 1.32 bits per heavy atom. The molecule has 0 fully saturated rings. The van der Waals surface area contributed by atoms with Gasteiger partial charge in [0, 0.05) is 49.5 Å². The summed E-state index contributed by atoms with van der Waals surface area (Å²) in [7, 11) is 0. The summed E-state index contributed by atoms with van der Waals surface area (Å²) in [5.74, 6) is -0.679. The molecule has 10 heteroatoms. The van der Waals surface area contributed by atoms with Crippen LogP contribution in [0.5, 0.6) is 0 Å². The van der Waals surface area contributed by atoms with Crippen LogP contribution in [0.3, 0.4) is 0 Å². The lowest BCUT2D eigenvalue weighted by atomic mass is 9.71. The van der Waals surface area contributed by atoms with Crippen LogP contribution in [-0.2, 0) is 19.2 Å². The SMILES string of the molecule is C.CCC(C)C(=O)NCCNC(=O)C(C)(CC)CC(C)(C)C(=O)NCCCNC(=O)C(N)CN. The van der Waals surface area contributed by atoms with E-state index < -0.39 is 16.9 Å². The molecule has 0 aliphatic rings. The van der Waals surface area contributed by atoms with Gasteiger partial charge in [-0.2, -0.15) is 0 Å². The normalized spacial score (nSPS) is 14.6. The van der Waals surface area contributed by atoms with Crippen molar-refractivity contribution in [3.8, 4) is 0 Å². The first-order valence-corrected chi connectivity index (χ1v) is 11.9. The molecule has 34 heavy (non-hydrogen) atoms. The number of carbonyl (C=O) groups excluding carboxylic acids is 4. The Morgan fingerprint density at radius 3 is 1.85 bits per heavy atom. The topological polar surface area (TPSA) is 168 Å². The number of hydrogen-bond acceptors (Lipinski definition) is 6. The van der Waals surface area contributed by atoms with Gasteiger partial charge in [0.05, 0.1) is 6.04 Å². The van der Waals surface area contributed by atoms with Gasteiger partial charge in [0.1, 0.15) is 0 Å². The van der Waals surface area contributed by atoms with Gasteiger partial charge in [-0.25, -0.2) is 0 Å². The fraction of sp³-hybridized carbons (Fsp3) is 0.833. The molecule has 0 saturated heterocycles. The van der Waals surface area contributed by atoms with Gasteiger partial charge in [0.25, 0.3) is 0 Å². The quantitative estimate of drug-likeness (QED) is 0.175. The molecule has 0 aromatic carbocycles. The number of hydrogen-bond donors (Lipinski definition) is 6. The predicted octanol–water partition coefficient (Wildman–Crippen LogP) is 0.642. The minimum Gasteiger partial charge on any atom is -0.356 e. The van der Waals surface area contributed by atoms with Crippen LogP contribution < -0.4 is 32.7 Å². The average molecular weight is 487 g/mol. The van der Waals surface area contributed by atoms with Crippen LogP contribution in [0.15, 0.2) is 0 Å². The maximum absolute atomic E-state index is 12.9. The third-order valence-electron chi connectivity index (χ3n) is 6.07. The van der Waals surface area contributed by atoms with E-state index in [9.17, 15) is 19.2 Å². The molecule has 0 aliphatic carbocycles. The number of carbonyl (C=O) groups is 4. The summed E-state index contributed by atoms with van der Waals surface area (Å²) in [4.78, 5) is 49.0. The van der Waals surface area contributed by atoms with E-state index in [1.54, 1.807) is 0 Å². The monoisotopic (exact) mass is 486 g/mol. The first-order chi connectivity index (χ1) is 15.3. The molecule has 3 unspecified atom stereocenters. The number of nitrogens with one attached hydrogen (secondary N) is 4. The molecule has 4 amide bonds. The Morgan fingerprint density at radius 1 is 0.824 bits per heavy atom. The number of nitrogens with two attached hydrogens (primary N) is 2. The van der Waals surface area contributed by atoms with Crippen LogP contribution in [0.4, 0.5) is 0 Å². The zero-order chi connectivity index (χ0) is 25.7. The van der Waals surface area contributed by atoms with Gasteiger partial charge >= 0.3 is 0 Å². The van der Waals surface area contributed by atoms with Crippen molar-refractivity contribution >= 4 is 23.6 Å². The predicted molar refractivity (Wildman–Crippen MR) is 137 cm³/mol. The van der Waals surface area contributed by atoms with E-state index in [1.165, 1.54) is 0 Å². The minimum absolute atomic E-state index is 0. The van der Waals surface area contributed by atoms with E-state index in [2.05, 4.69) is 21.3 Å². The molecule has 0 aliphatic heterocycles. The van der Waals surface area contributed by atoms with Gasteiger partial charge in [0.15, 0.2) is 0 Å². The average Bonchev–Trinajstić information content (AvgIpc) is 2.79. The zero-order valence-electron chi connectivity index (χ0n) is 21.3. The van der Waals surface area contributed by atoms with Gasteiger partial charge in [0.2, 0.25) is 23.6 Å². The highest BCUT2D eigenvalue weighted by Gasteiger charge is 2.40. The molecule has 0 radical (unpaired) electrons. The highest BCUT2D eigenvalue weighted by molar-refractivity contribution is 5.86. The first-order valence-electron chi connectivity index (χ1n) is 11.9. The van der Waals surface area contributed by atoms with Crippen molar-refractivity contribution in [1.29, 1.82) is 0 Å². The second-order valence-corrected chi connectivity index (χ2v) is 9.57. The molecular formula is C24H50N6O4. The van der Waals surface area contributed by atoms with Crippen molar-refractivity contribution in [1.82, 2.24) is 21.3 Å². The standard InChI is InChI=1S/C23H46N6O4.CH4/c1-7-16(3)18(30)27-12-13-29-21(33)23(6,8-2)15-22(4,5)20(32)28-11-9-10-26-19(31)17(25)14-24;/h16-17H,7-15,24-25H2,1-6H3,(H,26,31)(H,27,30)(H,28,32)(H,29,33);1H4. The molecule has 0 aromatic heterocycles. The van der Waals surface area contributed by atoms with Crippen LogP contribution >= 0.6 is 0 Å². The molecule has 0 rings (SSSR count). The fourth-order valence-corrected chi connectivity index (χ4v) is 3.34. The lowest BCUT2D eigenvalue weighted by Crippen LogP contribution is -2.48. The molecular weight excluding hydrogens is 436 g/mol. The van der Waals surface area contributed by atoms with Crippen LogP contribution in [0.25, 0.3) is 0 Å². The van der Waals surface area contributed by atoms with Crippen molar-refractivity contribution in [2.45, 2.75) is 80.7 Å². The van der Waals surface area contributed by atoms with Crippen LogP contribution in [0, 0.1) is 16.7 Å². The Labute approximate surface area is 206 Å². The molecule has 0 spiro atoms. The summed E-state index contributed by atoms with van der Waals surface area (Å²) < 4.78 is 0. The second kappa shape index (κ2) is 16.4. The summed E-state index contributed by atoms with van der Waals surface area (Å²) in [6.07, 6.45) is 2.26. The Kier molecular flexibility index (Phi) is 16.4. The lowest BCUT2D eigenvalue weighted by Gasteiger charge is -2.35. The summed E-state index contributed by atoms with van der Waals surface area (Å²) in [6, 6.07) is -0.729. The lowest BCUT2D eigenvalue weighted by molar-refractivity contribution is -0.137. The molecule has 200 valence electrons. The van der Waals surface area contributed by atoms with E-state index >= 15 is 0 Å². The van der Waals surface area contributed by atoms with Gasteiger partial charge in [-0.15, -0.1) is 0 Å².